The summed E-state index contributed by atoms with van der Waals surface area (Å²) in [6.07, 6.45) is 1.81. The van der Waals surface area contributed by atoms with Crippen molar-refractivity contribution in [2.45, 2.75) is 0 Å². The Bertz CT molecular complexity index is 751. The van der Waals surface area contributed by atoms with Crippen LogP contribution < -0.4 is 10.2 Å². The number of hydrazone groups is 1. The molecule has 3 heterocycles. The molecule has 0 unspecified atom stereocenters. The number of para-hydroxylation sites is 1. The number of hydrogen-bond acceptors (Lipinski definition) is 5. The molecule has 0 radical (unpaired) electrons. The summed E-state index contributed by atoms with van der Waals surface area (Å²) in [4.78, 5) is 18.7. The van der Waals surface area contributed by atoms with E-state index in [0.717, 1.165) is 43.2 Å². The van der Waals surface area contributed by atoms with E-state index in [9.17, 15) is 4.79 Å². The molecule has 1 saturated heterocycles. The van der Waals surface area contributed by atoms with Gasteiger partial charge in [0.25, 0.3) is 5.91 Å². The molecular weight excluding hydrogens is 290 g/mol. The van der Waals surface area contributed by atoms with Crippen LogP contribution in [0.15, 0.2) is 53.8 Å². The third-order valence-electron chi connectivity index (χ3n) is 4.12. The minimum Gasteiger partial charge on any atom is -0.353 e. The predicted octanol–water partition coefficient (Wildman–Crippen LogP) is 1.56. The van der Waals surface area contributed by atoms with E-state index in [1.54, 1.807) is 0 Å². The summed E-state index contributed by atoms with van der Waals surface area (Å²) >= 11 is 0. The third kappa shape index (κ3) is 2.63. The van der Waals surface area contributed by atoms with Gasteiger partial charge in [-0.25, -0.2) is 4.98 Å². The molecule has 1 aromatic carbocycles. The molecule has 2 aliphatic heterocycles. The zero-order valence-corrected chi connectivity index (χ0v) is 12.6. The summed E-state index contributed by atoms with van der Waals surface area (Å²) in [5.74, 6) is 0.863. The molecule has 6 nitrogen and oxygen atoms in total. The van der Waals surface area contributed by atoms with Gasteiger partial charge in [0.15, 0.2) is 5.71 Å². The van der Waals surface area contributed by atoms with Gasteiger partial charge < -0.3 is 10.2 Å². The second-order valence-corrected chi connectivity index (χ2v) is 5.58. The SMILES string of the molecule is O=C1Nc2ccccc2/C1=N\N1CCN(c2ccccn2)CC1. The molecule has 1 aromatic heterocycles. The van der Waals surface area contributed by atoms with Gasteiger partial charge in [0, 0.05) is 24.8 Å². The monoisotopic (exact) mass is 307 g/mol. The number of piperazine rings is 1. The van der Waals surface area contributed by atoms with Gasteiger partial charge in [-0.3, -0.25) is 9.80 Å². The van der Waals surface area contributed by atoms with Gasteiger partial charge in [-0.15, -0.1) is 0 Å². The van der Waals surface area contributed by atoms with Crippen molar-refractivity contribution in [3.8, 4) is 0 Å². The Morgan fingerprint density at radius 3 is 2.57 bits per heavy atom. The molecule has 23 heavy (non-hydrogen) atoms. The number of fused-ring (bicyclic) bond motifs is 1. The van der Waals surface area contributed by atoms with Crippen LogP contribution in [0.5, 0.6) is 0 Å². The smallest absolute Gasteiger partial charge is 0.276 e. The standard InChI is InChI=1S/C17H17N5O/c23-17-16(13-5-1-2-6-14(13)19-17)20-22-11-9-21(10-12-22)15-7-3-4-8-18-15/h1-8H,9-12H2,(H,19,20,23). The van der Waals surface area contributed by atoms with E-state index in [2.05, 4.69) is 20.3 Å². The molecule has 6 heteroatoms. The molecule has 1 N–H and O–H groups in total. The highest BCUT2D eigenvalue weighted by molar-refractivity contribution is 6.53. The molecule has 0 spiro atoms. The van der Waals surface area contributed by atoms with Crippen molar-refractivity contribution in [3.05, 3.63) is 54.2 Å². The van der Waals surface area contributed by atoms with Crippen LogP contribution in [0.3, 0.4) is 0 Å². The van der Waals surface area contributed by atoms with Crippen LogP contribution in [0.4, 0.5) is 11.5 Å². The number of rotatable bonds is 2. The highest BCUT2D eigenvalue weighted by Crippen LogP contribution is 2.23. The molecule has 2 aliphatic rings. The van der Waals surface area contributed by atoms with Crippen LogP contribution in [0.25, 0.3) is 0 Å². The van der Waals surface area contributed by atoms with Crippen molar-refractivity contribution >= 4 is 23.1 Å². The molecule has 2 aromatic rings. The van der Waals surface area contributed by atoms with Gasteiger partial charge >= 0.3 is 0 Å². The first kappa shape index (κ1) is 13.8. The summed E-state index contributed by atoms with van der Waals surface area (Å²) in [5, 5.41) is 9.40. The summed E-state index contributed by atoms with van der Waals surface area (Å²) in [6.45, 7) is 3.24. The Morgan fingerprint density at radius 2 is 1.78 bits per heavy atom. The number of hydrogen-bond donors (Lipinski definition) is 1. The lowest BCUT2D eigenvalue weighted by molar-refractivity contribution is -0.110. The Hall–Kier alpha value is -2.89. The van der Waals surface area contributed by atoms with Gasteiger partial charge in [0.1, 0.15) is 5.82 Å². The van der Waals surface area contributed by atoms with Crippen molar-refractivity contribution in [2.24, 2.45) is 5.10 Å². The molecule has 4 rings (SSSR count). The summed E-state index contributed by atoms with van der Waals surface area (Å²) in [7, 11) is 0. The maximum Gasteiger partial charge on any atom is 0.276 e. The number of carbonyl (C=O) groups is 1. The van der Waals surface area contributed by atoms with E-state index in [1.807, 2.05) is 53.7 Å². The summed E-state index contributed by atoms with van der Waals surface area (Å²) in [6, 6.07) is 13.6. The average molecular weight is 307 g/mol. The van der Waals surface area contributed by atoms with Crippen LogP contribution in [-0.2, 0) is 4.79 Å². The van der Waals surface area contributed by atoms with Crippen molar-refractivity contribution in [3.63, 3.8) is 0 Å². The number of aromatic nitrogens is 1. The minimum absolute atomic E-state index is 0.127. The number of pyridine rings is 1. The fourth-order valence-electron chi connectivity index (χ4n) is 2.91. The van der Waals surface area contributed by atoms with Gasteiger partial charge in [-0.1, -0.05) is 24.3 Å². The maximum atomic E-state index is 12.1. The lowest BCUT2D eigenvalue weighted by atomic mass is 10.1. The van der Waals surface area contributed by atoms with Crippen molar-refractivity contribution in [2.75, 3.05) is 36.4 Å². The fourth-order valence-corrected chi connectivity index (χ4v) is 2.91. The van der Waals surface area contributed by atoms with Gasteiger partial charge in [0.05, 0.1) is 18.8 Å². The van der Waals surface area contributed by atoms with Gasteiger partial charge in [-0.2, -0.15) is 5.10 Å². The second kappa shape index (κ2) is 5.72. The van der Waals surface area contributed by atoms with Crippen molar-refractivity contribution in [1.82, 2.24) is 9.99 Å². The van der Waals surface area contributed by atoms with E-state index in [-0.39, 0.29) is 5.91 Å². The quantitative estimate of drug-likeness (QED) is 0.915. The van der Waals surface area contributed by atoms with Crippen LogP contribution in [0.1, 0.15) is 5.56 Å². The largest absolute Gasteiger partial charge is 0.353 e. The molecule has 1 fully saturated rings. The van der Waals surface area contributed by atoms with Gasteiger partial charge in [0.2, 0.25) is 0 Å². The zero-order chi connectivity index (χ0) is 15.6. The number of anilines is 2. The topological polar surface area (TPSA) is 60.8 Å². The normalized spacial score (nSPS) is 19.0. The maximum absolute atomic E-state index is 12.1. The fraction of sp³-hybridized carbons (Fsp3) is 0.235. The van der Waals surface area contributed by atoms with E-state index < -0.39 is 0 Å². The Labute approximate surface area is 134 Å². The molecular formula is C17H17N5O. The van der Waals surface area contributed by atoms with Crippen LogP contribution >= 0.6 is 0 Å². The second-order valence-electron chi connectivity index (χ2n) is 5.58. The highest BCUT2D eigenvalue weighted by atomic mass is 16.2. The Kier molecular flexibility index (Phi) is 3.42. The molecule has 0 saturated carbocycles. The Balaban J connectivity index is 1.48. The van der Waals surface area contributed by atoms with Crippen LogP contribution in [0.2, 0.25) is 0 Å². The van der Waals surface area contributed by atoms with Crippen molar-refractivity contribution in [1.29, 1.82) is 0 Å². The minimum atomic E-state index is -0.127. The summed E-state index contributed by atoms with van der Waals surface area (Å²) in [5.41, 5.74) is 2.22. The van der Waals surface area contributed by atoms with E-state index in [1.165, 1.54) is 0 Å². The van der Waals surface area contributed by atoms with E-state index >= 15 is 0 Å². The average Bonchev–Trinajstić information content (AvgIpc) is 2.92. The molecule has 0 bridgehead atoms. The van der Waals surface area contributed by atoms with Gasteiger partial charge in [-0.05, 0) is 18.2 Å². The molecule has 1 amide bonds. The molecule has 0 aliphatic carbocycles. The zero-order valence-electron chi connectivity index (χ0n) is 12.6. The van der Waals surface area contributed by atoms with Crippen molar-refractivity contribution < 1.29 is 4.79 Å². The number of benzene rings is 1. The number of amides is 1. The van der Waals surface area contributed by atoms with E-state index in [4.69, 9.17) is 0 Å². The highest BCUT2D eigenvalue weighted by Gasteiger charge is 2.27. The van der Waals surface area contributed by atoms with Crippen LogP contribution in [-0.4, -0.2) is 47.8 Å². The first-order chi connectivity index (χ1) is 11.3. The molecule has 0 atom stereocenters. The third-order valence-corrected chi connectivity index (χ3v) is 4.12. The lowest BCUT2D eigenvalue weighted by Crippen LogP contribution is -2.45. The number of nitrogens with zero attached hydrogens (tertiary/aromatic N) is 4. The number of carbonyl (C=O) groups excluding carboxylic acids is 1. The first-order valence-electron chi connectivity index (χ1n) is 7.71. The number of nitrogens with one attached hydrogen (secondary N) is 1. The predicted molar refractivity (Wildman–Crippen MR) is 89.6 cm³/mol. The van der Waals surface area contributed by atoms with E-state index in [0.29, 0.717) is 5.71 Å². The Morgan fingerprint density at radius 1 is 1.00 bits per heavy atom. The summed E-state index contributed by atoms with van der Waals surface area (Å²) < 4.78 is 0. The molecule has 116 valence electrons. The first-order valence-corrected chi connectivity index (χ1v) is 7.71. The lowest BCUT2D eigenvalue weighted by Gasteiger charge is -2.33. The van der Waals surface area contributed by atoms with Crippen LogP contribution in [0, 0.1) is 0 Å².